The van der Waals surface area contributed by atoms with E-state index >= 15 is 0 Å². The highest BCUT2D eigenvalue weighted by Crippen LogP contribution is 2.30. The molecule has 0 aliphatic heterocycles. The van der Waals surface area contributed by atoms with E-state index in [0.717, 1.165) is 6.42 Å². The van der Waals surface area contributed by atoms with Gasteiger partial charge >= 0.3 is 0 Å². The molecule has 1 aliphatic carbocycles. The normalized spacial score (nSPS) is 15.9. The molecule has 3 N–H and O–H groups in total. The molecule has 0 heterocycles. The fourth-order valence-electron chi connectivity index (χ4n) is 1.85. The summed E-state index contributed by atoms with van der Waals surface area (Å²) in [6.45, 7) is 0. The largest absolute Gasteiger partial charge is 0.324 e. The van der Waals surface area contributed by atoms with Gasteiger partial charge in [0.05, 0.1) is 16.7 Å². The van der Waals surface area contributed by atoms with Crippen LogP contribution in [0.4, 0.5) is 5.69 Å². The summed E-state index contributed by atoms with van der Waals surface area (Å²) in [6.07, 6.45) is 2.32. The van der Waals surface area contributed by atoms with E-state index in [0.29, 0.717) is 24.1 Å². The number of nitrogens with zero attached hydrogens (tertiary/aromatic N) is 2. The van der Waals surface area contributed by atoms with Crippen LogP contribution in [0.15, 0.2) is 18.2 Å². The summed E-state index contributed by atoms with van der Waals surface area (Å²) in [4.78, 5) is 11.9. The zero-order valence-corrected chi connectivity index (χ0v) is 9.73. The molecule has 1 amide bonds. The second-order valence-electron chi connectivity index (χ2n) is 4.45. The highest BCUT2D eigenvalue weighted by molar-refractivity contribution is 5.98. The van der Waals surface area contributed by atoms with Crippen LogP contribution in [0.2, 0.25) is 0 Å². The molecule has 0 saturated heterocycles. The zero-order chi connectivity index (χ0) is 13.2. The Morgan fingerprint density at radius 1 is 1.28 bits per heavy atom. The summed E-state index contributed by atoms with van der Waals surface area (Å²) in [5, 5.41) is 20.4. The molecule has 0 atom stereocenters. The minimum absolute atomic E-state index is 0.234. The van der Waals surface area contributed by atoms with E-state index in [1.165, 1.54) is 12.1 Å². The lowest BCUT2D eigenvalue weighted by Gasteiger charge is -2.36. The van der Waals surface area contributed by atoms with Crippen molar-refractivity contribution in [3.8, 4) is 12.1 Å². The monoisotopic (exact) mass is 240 g/mol. The van der Waals surface area contributed by atoms with Gasteiger partial charge in [0.15, 0.2) is 0 Å². The maximum absolute atomic E-state index is 11.9. The number of anilines is 1. The number of hydrogen-bond donors (Lipinski definition) is 2. The topological polar surface area (TPSA) is 103 Å². The summed E-state index contributed by atoms with van der Waals surface area (Å²) in [7, 11) is 0. The van der Waals surface area contributed by atoms with Crippen LogP contribution in [0.5, 0.6) is 0 Å². The molecule has 0 aromatic heterocycles. The van der Waals surface area contributed by atoms with Gasteiger partial charge in [0.25, 0.3) is 0 Å². The van der Waals surface area contributed by atoms with E-state index in [1.807, 2.05) is 12.1 Å². The van der Waals surface area contributed by atoms with Crippen molar-refractivity contribution in [3.05, 3.63) is 29.3 Å². The molecule has 1 fully saturated rings. The summed E-state index contributed by atoms with van der Waals surface area (Å²) >= 11 is 0. The van der Waals surface area contributed by atoms with E-state index in [-0.39, 0.29) is 11.5 Å². The Balaban J connectivity index is 2.18. The average molecular weight is 240 g/mol. The predicted octanol–water partition coefficient (Wildman–Crippen LogP) is 1.25. The molecule has 90 valence electrons. The molecule has 1 saturated carbocycles. The van der Waals surface area contributed by atoms with Crippen molar-refractivity contribution in [1.29, 1.82) is 10.5 Å². The zero-order valence-electron chi connectivity index (χ0n) is 9.73. The molecule has 1 aromatic carbocycles. The number of nitriles is 2. The van der Waals surface area contributed by atoms with Crippen LogP contribution in [-0.4, -0.2) is 11.4 Å². The number of hydrogen-bond acceptors (Lipinski definition) is 4. The smallest absolute Gasteiger partial charge is 0.244 e. The Morgan fingerprint density at radius 3 is 2.44 bits per heavy atom. The first-order valence-corrected chi connectivity index (χ1v) is 5.64. The van der Waals surface area contributed by atoms with Crippen LogP contribution < -0.4 is 11.1 Å². The molecule has 1 aliphatic rings. The maximum Gasteiger partial charge on any atom is 0.244 e. The maximum atomic E-state index is 11.9. The fourth-order valence-corrected chi connectivity index (χ4v) is 1.85. The Bertz CT molecular complexity index is 576. The Hall–Kier alpha value is -2.37. The molecular formula is C13H12N4O. The molecule has 0 radical (unpaired) electrons. The summed E-state index contributed by atoms with van der Waals surface area (Å²) < 4.78 is 0. The number of rotatable bonds is 2. The number of carbonyl (C=O) groups excluding carboxylic acids is 1. The van der Waals surface area contributed by atoms with Crippen molar-refractivity contribution in [2.24, 2.45) is 5.73 Å². The number of carbonyl (C=O) groups is 1. The van der Waals surface area contributed by atoms with Crippen LogP contribution in [0.1, 0.15) is 30.4 Å². The molecule has 0 bridgehead atoms. The molecule has 18 heavy (non-hydrogen) atoms. The summed E-state index contributed by atoms with van der Waals surface area (Å²) in [6, 6.07) is 8.43. The molecule has 0 spiro atoms. The van der Waals surface area contributed by atoms with Crippen LogP contribution in [-0.2, 0) is 4.79 Å². The van der Waals surface area contributed by atoms with Crippen molar-refractivity contribution in [1.82, 2.24) is 0 Å². The van der Waals surface area contributed by atoms with Crippen LogP contribution in [0.25, 0.3) is 0 Å². The standard InChI is InChI=1S/C13H12N4O/c14-7-9-2-3-11(6-10(9)8-15)17-12(18)13(16)4-1-5-13/h2-3,6H,1,4-5,16H2,(H,17,18). The molecule has 5 nitrogen and oxygen atoms in total. The van der Waals surface area contributed by atoms with E-state index in [1.54, 1.807) is 6.07 Å². The van der Waals surface area contributed by atoms with E-state index in [2.05, 4.69) is 5.32 Å². The molecule has 2 rings (SSSR count). The van der Waals surface area contributed by atoms with Crippen molar-refractivity contribution in [2.75, 3.05) is 5.32 Å². The van der Waals surface area contributed by atoms with E-state index in [9.17, 15) is 4.79 Å². The first-order chi connectivity index (χ1) is 8.59. The van der Waals surface area contributed by atoms with Gasteiger partial charge in [-0.15, -0.1) is 0 Å². The molecule has 1 aromatic rings. The third kappa shape index (κ3) is 2.04. The number of amides is 1. The van der Waals surface area contributed by atoms with Crippen molar-refractivity contribution in [3.63, 3.8) is 0 Å². The first-order valence-electron chi connectivity index (χ1n) is 5.64. The average Bonchev–Trinajstić information content (AvgIpc) is 2.35. The number of benzene rings is 1. The third-order valence-electron chi connectivity index (χ3n) is 3.22. The van der Waals surface area contributed by atoms with Gasteiger partial charge in [0, 0.05) is 5.69 Å². The lowest BCUT2D eigenvalue weighted by atomic mass is 9.77. The Labute approximate surface area is 105 Å². The molecule has 5 heteroatoms. The molecular weight excluding hydrogens is 228 g/mol. The van der Waals surface area contributed by atoms with Crippen molar-refractivity contribution < 1.29 is 4.79 Å². The van der Waals surface area contributed by atoms with Gasteiger partial charge < -0.3 is 11.1 Å². The first kappa shape index (κ1) is 12.1. The fraction of sp³-hybridized carbons (Fsp3) is 0.308. The number of nitrogens with one attached hydrogen (secondary N) is 1. The van der Waals surface area contributed by atoms with Gasteiger partial charge in [-0.1, -0.05) is 0 Å². The second-order valence-corrected chi connectivity index (χ2v) is 4.45. The number of nitrogens with two attached hydrogens (primary N) is 1. The van der Waals surface area contributed by atoms with E-state index < -0.39 is 5.54 Å². The van der Waals surface area contributed by atoms with Gasteiger partial charge in [-0.2, -0.15) is 10.5 Å². The van der Waals surface area contributed by atoms with Gasteiger partial charge in [-0.05, 0) is 37.5 Å². The highest BCUT2D eigenvalue weighted by atomic mass is 16.2. The Morgan fingerprint density at radius 2 is 1.94 bits per heavy atom. The summed E-state index contributed by atoms with van der Waals surface area (Å²) in [5.74, 6) is -0.234. The highest BCUT2D eigenvalue weighted by Gasteiger charge is 2.40. The van der Waals surface area contributed by atoms with Gasteiger partial charge in [0.1, 0.15) is 12.1 Å². The van der Waals surface area contributed by atoms with Gasteiger partial charge in [-0.3, -0.25) is 4.79 Å². The van der Waals surface area contributed by atoms with Crippen molar-refractivity contribution in [2.45, 2.75) is 24.8 Å². The third-order valence-corrected chi connectivity index (χ3v) is 3.22. The van der Waals surface area contributed by atoms with E-state index in [4.69, 9.17) is 16.3 Å². The van der Waals surface area contributed by atoms with Crippen LogP contribution in [0, 0.1) is 22.7 Å². The minimum atomic E-state index is -0.777. The minimum Gasteiger partial charge on any atom is -0.324 e. The van der Waals surface area contributed by atoms with Crippen molar-refractivity contribution >= 4 is 11.6 Å². The van der Waals surface area contributed by atoms with Crippen LogP contribution >= 0.6 is 0 Å². The lowest BCUT2D eigenvalue weighted by molar-refractivity contribution is -0.123. The molecule has 0 unspecified atom stereocenters. The lowest BCUT2D eigenvalue weighted by Crippen LogP contribution is -2.56. The van der Waals surface area contributed by atoms with Gasteiger partial charge in [0.2, 0.25) is 5.91 Å². The predicted molar refractivity (Wildman–Crippen MR) is 65.3 cm³/mol. The van der Waals surface area contributed by atoms with Crippen LogP contribution in [0.3, 0.4) is 0 Å². The van der Waals surface area contributed by atoms with Gasteiger partial charge in [-0.25, -0.2) is 0 Å². The second kappa shape index (κ2) is 4.48. The Kier molecular flexibility index (Phi) is 3.01. The quantitative estimate of drug-likeness (QED) is 0.811. The summed E-state index contributed by atoms with van der Waals surface area (Å²) in [5.41, 5.74) is 6.15. The SMILES string of the molecule is N#Cc1ccc(NC(=O)C2(N)CCC2)cc1C#N.